The average molecular weight is 350 g/mol. The van der Waals surface area contributed by atoms with E-state index in [0.29, 0.717) is 31.0 Å². The molecule has 0 saturated heterocycles. The molecule has 0 radical (unpaired) electrons. The zero-order valence-electron chi connectivity index (χ0n) is 15.6. The number of hydrogen-bond acceptors (Lipinski definition) is 3. The lowest BCUT2D eigenvalue weighted by Gasteiger charge is -2.54. The van der Waals surface area contributed by atoms with E-state index in [1.165, 1.54) is 6.08 Å². The lowest BCUT2D eigenvalue weighted by molar-refractivity contribution is -0.159. The van der Waals surface area contributed by atoms with Gasteiger partial charge in [0.25, 0.3) is 0 Å². The summed E-state index contributed by atoms with van der Waals surface area (Å²) in [6.45, 7) is 4.03. The van der Waals surface area contributed by atoms with Crippen LogP contribution in [0.3, 0.4) is 0 Å². The lowest BCUT2D eigenvalue weighted by atomic mass is 9.50. The second-order valence-electron chi connectivity index (χ2n) is 9.51. The van der Waals surface area contributed by atoms with Crippen LogP contribution < -0.4 is 0 Å². The smallest absolute Gasteiger partial charge is 0.142 e. The van der Waals surface area contributed by atoms with Crippen LogP contribution in [0.1, 0.15) is 58.8 Å². The Balaban J connectivity index is 1.81. The normalized spacial score (nSPS) is 54.8. The molecule has 140 valence electrons. The molecule has 4 fully saturated rings. The Morgan fingerprint density at radius 3 is 2.72 bits per heavy atom. The molecule has 4 aliphatic rings. The van der Waals surface area contributed by atoms with Crippen LogP contribution in [0, 0.1) is 34.0 Å². The van der Waals surface area contributed by atoms with Crippen LogP contribution in [0.2, 0.25) is 0 Å². The maximum atomic E-state index is 13.5. The minimum absolute atomic E-state index is 0.0488. The maximum absolute atomic E-state index is 13.5. The van der Waals surface area contributed by atoms with Gasteiger partial charge in [-0.05, 0) is 62.2 Å². The van der Waals surface area contributed by atoms with Gasteiger partial charge in [0.15, 0.2) is 0 Å². The van der Waals surface area contributed by atoms with E-state index in [1.807, 2.05) is 6.92 Å². The average Bonchev–Trinajstić information content (AvgIpc) is 3.24. The van der Waals surface area contributed by atoms with Gasteiger partial charge in [-0.2, -0.15) is 0 Å². The summed E-state index contributed by atoms with van der Waals surface area (Å²) in [6, 6.07) is 0. The van der Waals surface area contributed by atoms with Gasteiger partial charge in [-0.3, -0.25) is 4.79 Å². The monoisotopic (exact) mass is 350 g/mol. The molecule has 0 aromatic carbocycles. The summed E-state index contributed by atoms with van der Waals surface area (Å²) in [5.41, 5.74) is -0.806. The number of Topliss-reactive ketones (excluding diaryl/α,β-unsaturated/α-hetero) is 1. The van der Waals surface area contributed by atoms with Crippen molar-refractivity contribution in [1.29, 1.82) is 0 Å². The SMILES string of the molecule is CO[C@@H]1CCC23CC[C@H]4C[C@@]4(C12)[C@H](O)C[C@@](C)(CC=CF)C(=O)[C@@H]3C. The number of ether oxygens (including phenoxy) is 1. The third kappa shape index (κ3) is 2.13. The van der Waals surface area contributed by atoms with E-state index in [2.05, 4.69) is 6.92 Å². The van der Waals surface area contributed by atoms with Gasteiger partial charge in [0.05, 0.1) is 18.5 Å². The van der Waals surface area contributed by atoms with E-state index in [1.54, 1.807) is 7.11 Å². The Morgan fingerprint density at radius 2 is 2.04 bits per heavy atom. The Hall–Kier alpha value is -0.740. The van der Waals surface area contributed by atoms with Gasteiger partial charge in [0, 0.05) is 23.9 Å². The van der Waals surface area contributed by atoms with Crippen LogP contribution in [0.15, 0.2) is 12.4 Å². The summed E-state index contributed by atoms with van der Waals surface area (Å²) in [5, 5.41) is 11.3. The standard InChI is InChI=1S/C21H31FO3/c1-13-18(24)19(2,7-4-10-22)12-16(23)21-11-14(21)5-8-20(13)9-6-15(25-3)17(20)21/h4,10,13-17,23H,5-9,11-12H2,1-3H3/t13-,14-,15+,16+,17?,19+,20?,21-/m0/s1. The molecule has 2 bridgehead atoms. The van der Waals surface area contributed by atoms with Gasteiger partial charge in [0.2, 0.25) is 0 Å². The van der Waals surface area contributed by atoms with Crippen LogP contribution >= 0.6 is 0 Å². The quantitative estimate of drug-likeness (QED) is 0.835. The first-order valence-electron chi connectivity index (χ1n) is 9.86. The van der Waals surface area contributed by atoms with Crippen molar-refractivity contribution in [2.45, 2.75) is 71.0 Å². The number of allylic oxidation sites excluding steroid dienone is 1. The van der Waals surface area contributed by atoms with Crippen LogP contribution in [-0.2, 0) is 9.53 Å². The van der Waals surface area contributed by atoms with E-state index >= 15 is 0 Å². The van der Waals surface area contributed by atoms with Gasteiger partial charge in [0.1, 0.15) is 5.78 Å². The van der Waals surface area contributed by atoms with Crippen molar-refractivity contribution in [3.05, 3.63) is 12.4 Å². The van der Waals surface area contributed by atoms with Crippen LogP contribution in [0.4, 0.5) is 4.39 Å². The predicted molar refractivity (Wildman–Crippen MR) is 93.5 cm³/mol. The summed E-state index contributed by atoms with van der Waals surface area (Å²) < 4.78 is 18.5. The first-order chi connectivity index (χ1) is 11.9. The molecule has 0 heterocycles. The molecule has 0 aliphatic heterocycles. The Kier molecular flexibility index (Phi) is 3.98. The van der Waals surface area contributed by atoms with Crippen molar-refractivity contribution in [3.8, 4) is 0 Å². The van der Waals surface area contributed by atoms with E-state index in [-0.39, 0.29) is 28.6 Å². The number of ketones is 1. The first kappa shape index (κ1) is 17.7. The highest BCUT2D eigenvalue weighted by Crippen LogP contribution is 2.77. The zero-order chi connectivity index (χ0) is 18.0. The number of rotatable bonds is 3. The van der Waals surface area contributed by atoms with Crippen molar-refractivity contribution in [2.75, 3.05) is 7.11 Å². The number of methoxy groups -OCH3 is 1. The molecular weight excluding hydrogens is 319 g/mol. The topological polar surface area (TPSA) is 46.5 Å². The van der Waals surface area contributed by atoms with Crippen molar-refractivity contribution in [2.24, 2.45) is 34.0 Å². The highest BCUT2D eigenvalue weighted by molar-refractivity contribution is 5.87. The van der Waals surface area contributed by atoms with Gasteiger partial charge < -0.3 is 9.84 Å². The molecule has 1 N–H and O–H groups in total. The van der Waals surface area contributed by atoms with Crippen molar-refractivity contribution < 1.29 is 19.0 Å². The molecule has 0 amide bonds. The largest absolute Gasteiger partial charge is 0.392 e. The molecule has 0 aromatic heterocycles. The minimum atomic E-state index is -0.679. The highest BCUT2D eigenvalue weighted by Gasteiger charge is 2.75. The maximum Gasteiger partial charge on any atom is 0.142 e. The number of carbonyl (C=O) groups excluding carboxylic acids is 1. The van der Waals surface area contributed by atoms with Gasteiger partial charge in [-0.15, -0.1) is 0 Å². The Bertz CT molecular complexity index is 604. The number of hydrogen-bond donors (Lipinski definition) is 1. The highest BCUT2D eigenvalue weighted by atomic mass is 19.1. The first-order valence-corrected chi connectivity index (χ1v) is 9.86. The second-order valence-corrected chi connectivity index (χ2v) is 9.51. The van der Waals surface area contributed by atoms with Crippen LogP contribution in [-0.4, -0.2) is 30.2 Å². The summed E-state index contributed by atoms with van der Waals surface area (Å²) in [6.07, 6.45) is 7.72. The molecule has 25 heavy (non-hydrogen) atoms. The number of halogens is 1. The summed E-state index contributed by atoms with van der Waals surface area (Å²) in [4.78, 5) is 13.5. The van der Waals surface area contributed by atoms with Crippen molar-refractivity contribution >= 4 is 5.78 Å². The lowest BCUT2D eigenvalue weighted by Crippen LogP contribution is -2.56. The van der Waals surface area contributed by atoms with Crippen molar-refractivity contribution in [1.82, 2.24) is 0 Å². The number of carbonyl (C=O) groups is 1. The Morgan fingerprint density at radius 1 is 1.32 bits per heavy atom. The van der Waals surface area contributed by atoms with E-state index in [0.717, 1.165) is 32.1 Å². The minimum Gasteiger partial charge on any atom is -0.392 e. The molecule has 8 atom stereocenters. The third-order valence-corrected chi connectivity index (χ3v) is 8.70. The fourth-order valence-electron chi connectivity index (χ4n) is 7.39. The molecule has 1 spiro atoms. The molecule has 0 aromatic rings. The molecule has 4 saturated carbocycles. The third-order valence-electron chi connectivity index (χ3n) is 8.70. The van der Waals surface area contributed by atoms with Crippen LogP contribution in [0.5, 0.6) is 0 Å². The molecule has 4 aliphatic carbocycles. The van der Waals surface area contributed by atoms with Gasteiger partial charge in [-0.25, -0.2) is 4.39 Å². The Labute approximate surface area is 150 Å². The fraction of sp³-hybridized carbons (Fsp3) is 0.857. The van der Waals surface area contributed by atoms with E-state index in [9.17, 15) is 14.3 Å². The molecule has 3 nitrogen and oxygen atoms in total. The summed E-state index contributed by atoms with van der Waals surface area (Å²) in [5.74, 6) is 1.01. The predicted octanol–water partition coefficient (Wildman–Crippen LogP) is 4.05. The molecule has 4 rings (SSSR count). The molecular formula is C21H31FO3. The number of aliphatic hydroxyl groups is 1. The zero-order valence-corrected chi connectivity index (χ0v) is 15.6. The summed E-state index contributed by atoms with van der Waals surface area (Å²) in [7, 11) is 1.78. The fourth-order valence-corrected chi connectivity index (χ4v) is 7.39. The molecule has 2 unspecified atom stereocenters. The van der Waals surface area contributed by atoms with Gasteiger partial charge >= 0.3 is 0 Å². The van der Waals surface area contributed by atoms with Crippen LogP contribution in [0.25, 0.3) is 0 Å². The summed E-state index contributed by atoms with van der Waals surface area (Å²) >= 11 is 0. The van der Waals surface area contributed by atoms with E-state index in [4.69, 9.17) is 4.74 Å². The second kappa shape index (κ2) is 5.63. The van der Waals surface area contributed by atoms with E-state index < -0.39 is 11.5 Å². The van der Waals surface area contributed by atoms with Gasteiger partial charge in [-0.1, -0.05) is 19.9 Å². The molecule has 4 heteroatoms. The number of aliphatic hydroxyl groups excluding tert-OH is 1. The van der Waals surface area contributed by atoms with Crippen molar-refractivity contribution in [3.63, 3.8) is 0 Å².